The molecule has 0 amide bonds. The average molecular weight is 440 g/mol. The second-order valence-corrected chi connectivity index (χ2v) is 9.86. The number of hydrogen-bond donors (Lipinski definition) is 0. The number of benzene rings is 2. The van der Waals surface area contributed by atoms with Gasteiger partial charge in [-0.1, -0.05) is 30.3 Å². The zero-order chi connectivity index (χ0) is 21.4. The van der Waals surface area contributed by atoms with Crippen molar-refractivity contribution in [2.75, 3.05) is 26.3 Å². The smallest absolute Gasteiger partial charge is 0.243 e. The van der Waals surface area contributed by atoms with Gasteiger partial charge < -0.3 is 14.0 Å². The van der Waals surface area contributed by atoms with Crippen LogP contribution in [0.4, 0.5) is 0 Å². The SMILES string of the molecule is Cc1cnc(-c2ccccc2)n1C1CCCN(S(=O)(=O)c2ccc3c(c2)OCCO3)C1. The summed E-state index contributed by atoms with van der Waals surface area (Å²) >= 11 is 0. The molecule has 1 aromatic heterocycles. The molecule has 0 saturated carbocycles. The fourth-order valence-electron chi connectivity index (χ4n) is 4.39. The summed E-state index contributed by atoms with van der Waals surface area (Å²) in [4.78, 5) is 4.86. The van der Waals surface area contributed by atoms with Crippen LogP contribution >= 0.6 is 0 Å². The molecule has 0 radical (unpaired) electrons. The standard InChI is InChI=1S/C23H25N3O4S/c1-17-15-24-23(18-6-3-2-4-7-18)26(17)19-8-5-11-25(16-19)31(27,28)20-9-10-21-22(14-20)30-13-12-29-21/h2-4,6-7,9-10,14-15,19H,5,8,11-13,16H2,1H3. The van der Waals surface area contributed by atoms with E-state index < -0.39 is 10.0 Å². The van der Waals surface area contributed by atoms with Gasteiger partial charge in [0.25, 0.3) is 0 Å². The Morgan fingerprint density at radius 2 is 1.81 bits per heavy atom. The van der Waals surface area contributed by atoms with Gasteiger partial charge in [0.1, 0.15) is 19.0 Å². The molecule has 1 fully saturated rings. The number of sulfonamides is 1. The molecule has 0 N–H and O–H groups in total. The predicted molar refractivity (Wildman–Crippen MR) is 117 cm³/mol. The van der Waals surface area contributed by atoms with Gasteiger partial charge in [0.15, 0.2) is 11.5 Å². The van der Waals surface area contributed by atoms with Crippen LogP contribution in [0.25, 0.3) is 11.4 Å². The minimum absolute atomic E-state index is 0.0263. The van der Waals surface area contributed by atoms with Gasteiger partial charge in [-0.05, 0) is 31.9 Å². The van der Waals surface area contributed by atoms with Gasteiger partial charge in [-0.3, -0.25) is 0 Å². The number of ether oxygens (including phenoxy) is 2. The predicted octanol–water partition coefficient (Wildman–Crippen LogP) is 3.66. The Labute approximate surface area is 182 Å². The van der Waals surface area contributed by atoms with Crippen molar-refractivity contribution < 1.29 is 17.9 Å². The normalized spacial score (nSPS) is 19.3. The third-order valence-electron chi connectivity index (χ3n) is 5.89. The number of rotatable bonds is 4. The first-order chi connectivity index (χ1) is 15.0. The molecule has 0 bridgehead atoms. The Hall–Kier alpha value is -2.84. The van der Waals surface area contributed by atoms with Crippen LogP contribution in [-0.4, -0.2) is 48.6 Å². The molecular formula is C23H25N3O4S. The Kier molecular flexibility index (Phi) is 5.19. The molecule has 7 nitrogen and oxygen atoms in total. The quantitative estimate of drug-likeness (QED) is 0.620. The van der Waals surface area contributed by atoms with E-state index in [1.165, 1.54) is 0 Å². The van der Waals surface area contributed by atoms with Crippen molar-refractivity contribution in [1.82, 2.24) is 13.9 Å². The summed E-state index contributed by atoms with van der Waals surface area (Å²) in [6, 6.07) is 14.9. The number of nitrogens with zero attached hydrogens (tertiary/aromatic N) is 3. The molecule has 3 heterocycles. The van der Waals surface area contributed by atoms with Crippen LogP contribution in [0.5, 0.6) is 11.5 Å². The summed E-state index contributed by atoms with van der Waals surface area (Å²) in [6.07, 6.45) is 3.56. The Morgan fingerprint density at radius 1 is 1.03 bits per heavy atom. The maximum atomic E-state index is 13.4. The summed E-state index contributed by atoms with van der Waals surface area (Å²) in [7, 11) is -3.65. The molecule has 162 valence electrons. The Bertz CT molecular complexity index is 1190. The van der Waals surface area contributed by atoms with E-state index >= 15 is 0 Å². The average Bonchev–Trinajstić information content (AvgIpc) is 3.20. The highest BCUT2D eigenvalue weighted by Crippen LogP contribution is 2.35. The molecule has 2 aliphatic heterocycles. The summed E-state index contributed by atoms with van der Waals surface area (Å²) in [5.74, 6) is 1.95. The second-order valence-electron chi connectivity index (χ2n) is 7.92. The van der Waals surface area contributed by atoms with Gasteiger partial charge in [-0.2, -0.15) is 4.31 Å². The fourth-order valence-corrected chi connectivity index (χ4v) is 5.92. The molecule has 8 heteroatoms. The van der Waals surface area contributed by atoms with Gasteiger partial charge >= 0.3 is 0 Å². The van der Waals surface area contributed by atoms with Crippen molar-refractivity contribution in [2.24, 2.45) is 0 Å². The molecule has 1 unspecified atom stereocenters. The van der Waals surface area contributed by atoms with E-state index in [0.717, 1.165) is 29.9 Å². The first kappa shape index (κ1) is 20.1. The van der Waals surface area contributed by atoms with E-state index in [-0.39, 0.29) is 10.9 Å². The lowest BCUT2D eigenvalue weighted by Gasteiger charge is -2.34. The fraction of sp³-hybridized carbons (Fsp3) is 0.348. The van der Waals surface area contributed by atoms with E-state index in [9.17, 15) is 8.42 Å². The molecular weight excluding hydrogens is 414 g/mol. The van der Waals surface area contributed by atoms with Crippen LogP contribution in [0.2, 0.25) is 0 Å². The maximum absolute atomic E-state index is 13.4. The number of fused-ring (bicyclic) bond motifs is 1. The van der Waals surface area contributed by atoms with Crippen molar-refractivity contribution in [3.05, 3.63) is 60.4 Å². The number of imidazole rings is 1. The third kappa shape index (κ3) is 3.70. The molecule has 2 aliphatic rings. The van der Waals surface area contributed by atoms with Crippen LogP contribution < -0.4 is 9.47 Å². The molecule has 0 aliphatic carbocycles. The van der Waals surface area contributed by atoms with E-state index in [1.807, 2.05) is 43.5 Å². The van der Waals surface area contributed by atoms with Crippen molar-refractivity contribution >= 4 is 10.0 Å². The summed E-state index contributed by atoms with van der Waals surface area (Å²) in [6.45, 7) is 3.83. The highest BCUT2D eigenvalue weighted by molar-refractivity contribution is 7.89. The maximum Gasteiger partial charge on any atom is 0.243 e. The summed E-state index contributed by atoms with van der Waals surface area (Å²) in [5, 5.41) is 0. The largest absolute Gasteiger partial charge is 0.486 e. The zero-order valence-electron chi connectivity index (χ0n) is 17.4. The number of piperidine rings is 1. The van der Waals surface area contributed by atoms with Crippen LogP contribution in [-0.2, 0) is 10.0 Å². The van der Waals surface area contributed by atoms with Crippen molar-refractivity contribution in [1.29, 1.82) is 0 Å². The molecule has 3 aromatic rings. The third-order valence-corrected chi connectivity index (χ3v) is 7.75. The molecule has 31 heavy (non-hydrogen) atoms. The van der Waals surface area contributed by atoms with Gasteiger partial charge in [0.05, 0.1) is 4.90 Å². The van der Waals surface area contributed by atoms with Crippen molar-refractivity contribution in [3.8, 4) is 22.9 Å². The Balaban J connectivity index is 1.44. The van der Waals surface area contributed by atoms with E-state index in [4.69, 9.17) is 9.47 Å². The van der Waals surface area contributed by atoms with Gasteiger partial charge in [-0.25, -0.2) is 13.4 Å². The van der Waals surface area contributed by atoms with Crippen LogP contribution in [0.3, 0.4) is 0 Å². The monoisotopic (exact) mass is 439 g/mol. The summed E-state index contributed by atoms with van der Waals surface area (Å²) in [5.41, 5.74) is 2.06. The number of aromatic nitrogens is 2. The lowest BCUT2D eigenvalue weighted by molar-refractivity contribution is 0.171. The topological polar surface area (TPSA) is 73.7 Å². The van der Waals surface area contributed by atoms with E-state index in [1.54, 1.807) is 22.5 Å². The molecule has 2 aromatic carbocycles. The van der Waals surface area contributed by atoms with Gasteiger partial charge in [-0.15, -0.1) is 0 Å². The first-order valence-electron chi connectivity index (χ1n) is 10.5. The molecule has 1 saturated heterocycles. The molecule has 1 atom stereocenters. The second kappa shape index (κ2) is 8.01. The lowest BCUT2D eigenvalue weighted by atomic mass is 10.1. The Morgan fingerprint density at radius 3 is 2.61 bits per heavy atom. The minimum Gasteiger partial charge on any atom is -0.486 e. The molecule has 0 spiro atoms. The van der Waals surface area contributed by atoms with Crippen molar-refractivity contribution in [2.45, 2.75) is 30.7 Å². The first-order valence-corrected chi connectivity index (χ1v) is 12.0. The number of hydrogen-bond acceptors (Lipinski definition) is 5. The zero-order valence-corrected chi connectivity index (χ0v) is 18.2. The van der Waals surface area contributed by atoms with Crippen molar-refractivity contribution in [3.63, 3.8) is 0 Å². The van der Waals surface area contributed by atoms with Gasteiger partial charge in [0.2, 0.25) is 10.0 Å². The van der Waals surface area contributed by atoms with E-state index in [0.29, 0.717) is 37.8 Å². The lowest BCUT2D eigenvalue weighted by Crippen LogP contribution is -2.41. The number of aryl methyl sites for hydroxylation is 1. The van der Waals surface area contributed by atoms with Gasteiger partial charge in [0, 0.05) is 42.7 Å². The highest BCUT2D eigenvalue weighted by atomic mass is 32.2. The van der Waals surface area contributed by atoms with Crippen LogP contribution in [0.1, 0.15) is 24.6 Å². The highest BCUT2D eigenvalue weighted by Gasteiger charge is 2.33. The van der Waals surface area contributed by atoms with Crippen LogP contribution in [0, 0.1) is 6.92 Å². The van der Waals surface area contributed by atoms with E-state index in [2.05, 4.69) is 9.55 Å². The van der Waals surface area contributed by atoms with Crippen LogP contribution in [0.15, 0.2) is 59.6 Å². The molecule has 5 rings (SSSR count). The minimum atomic E-state index is -3.65. The summed E-state index contributed by atoms with van der Waals surface area (Å²) < 4.78 is 41.7.